The summed E-state index contributed by atoms with van der Waals surface area (Å²) in [5.41, 5.74) is 1.20. The molecule has 0 bridgehead atoms. The van der Waals surface area contributed by atoms with Crippen molar-refractivity contribution >= 4 is 5.91 Å². The van der Waals surface area contributed by atoms with Gasteiger partial charge in [-0.05, 0) is 19.3 Å². The summed E-state index contributed by atoms with van der Waals surface area (Å²) in [6.07, 6.45) is 7.54. The lowest BCUT2D eigenvalue weighted by atomic mass is 9.81. The number of amides is 1. The van der Waals surface area contributed by atoms with Crippen LogP contribution in [0.1, 0.15) is 24.8 Å². The molecule has 3 fully saturated rings. The third-order valence-corrected chi connectivity index (χ3v) is 5.57. The molecule has 6 nitrogen and oxygen atoms in total. The summed E-state index contributed by atoms with van der Waals surface area (Å²) in [4.78, 5) is 17.4. The van der Waals surface area contributed by atoms with Crippen molar-refractivity contribution in [3.8, 4) is 0 Å². The zero-order valence-corrected chi connectivity index (χ0v) is 13.9. The Bertz CT molecular complexity index is 567. The lowest BCUT2D eigenvalue weighted by molar-refractivity contribution is -0.140. The highest BCUT2D eigenvalue weighted by molar-refractivity contribution is 5.80. The number of nitrogens with zero attached hydrogens (tertiary/aromatic N) is 4. The van der Waals surface area contributed by atoms with Gasteiger partial charge in [-0.15, -0.1) is 0 Å². The van der Waals surface area contributed by atoms with Crippen LogP contribution in [0.4, 0.5) is 0 Å². The number of fused-ring (bicyclic) bond motifs is 1. The smallest absolute Gasteiger partial charge is 0.227 e. The van der Waals surface area contributed by atoms with Crippen molar-refractivity contribution in [2.24, 2.45) is 18.9 Å². The first-order chi connectivity index (χ1) is 11.2. The second kappa shape index (κ2) is 6.24. The number of ether oxygens (including phenoxy) is 1. The van der Waals surface area contributed by atoms with E-state index in [2.05, 4.69) is 21.1 Å². The number of carbonyl (C=O) groups excluding carboxylic acids is 1. The molecule has 1 aromatic heterocycles. The van der Waals surface area contributed by atoms with Gasteiger partial charge >= 0.3 is 0 Å². The molecule has 0 saturated carbocycles. The average Bonchev–Trinajstić information content (AvgIpc) is 3.26. The SMILES string of the molecule is Cn1cc(CN2C[C@@H]3OCC[C@@H]3[C@@H](C(=O)N3CCCC3)C2)cn1. The Balaban J connectivity index is 1.48. The van der Waals surface area contributed by atoms with E-state index in [1.807, 2.05) is 17.9 Å². The van der Waals surface area contributed by atoms with Gasteiger partial charge < -0.3 is 9.64 Å². The number of hydrogen-bond acceptors (Lipinski definition) is 4. The zero-order valence-electron chi connectivity index (χ0n) is 13.9. The highest BCUT2D eigenvalue weighted by Crippen LogP contribution is 2.35. The molecule has 4 heterocycles. The van der Waals surface area contributed by atoms with Gasteiger partial charge in [-0.1, -0.05) is 0 Å². The highest BCUT2D eigenvalue weighted by Gasteiger charge is 2.45. The first kappa shape index (κ1) is 15.1. The summed E-state index contributed by atoms with van der Waals surface area (Å²) in [7, 11) is 1.94. The molecule has 0 aromatic carbocycles. The Hall–Kier alpha value is -1.40. The normalized spacial score (nSPS) is 31.5. The fraction of sp³-hybridized carbons (Fsp3) is 0.765. The predicted molar refractivity (Wildman–Crippen MR) is 85.6 cm³/mol. The van der Waals surface area contributed by atoms with Crippen molar-refractivity contribution < 1.29 is 9.53 Å². The Morgan fingerprint density at radius 1 is 1.35 bits per heavy atom. The third kappa shape index (κ3) is 3.02. The second-order valence-electron chi connectivity index (χ2n) is 7.22. The number of rotatable bonds is 3. The molecule has 0 unspecified atom stereocenters. The largest absolute Gasteiger partial charge is 0.377 e. The lowest BCUT2D eigenvalue weighted by Crippen LogP contribution is -2.52. The van der Waals surface area contributed by atoms with Gasteiger partial charge in [0.25, 0.3) is 0 Å². The number of aryl methyl sites for hydroxylation is 1. The quantitative estimate of drug-likeness (QED) is 0.830. The van der Waals surface area contributed by atoms with Gasteiger partial charge in [-0.25, -0.2) is 0 Å². The monoisotopic (exact) mass is 318 g/mol. The van der Waals surface area contributed by atoms with Gasteiger partial charge in [0.1, 0.15) is 0 Å². The minimum atomic E-state index is 0.103. The molecule has 3 saturated heterocycles. The molecule has 23 heavy (non-hydrogen) atoms. The highest BCUT2D eigenvalue weighted by atomic mass is 16.5. The molecule has 1 aromatic rings. The van der Waals surface area contributed by atoms with E-state index < -0.39 is 0 Å². The van der Waals surface area contributed by atoms with Crippen LogP contribution in [-0.4, -0.2) is 64.4 Å². The molecular weight excluding hydrogens is 292 g/mol. The van der Waals surface area contributed by atoms with Gasteiger partial charge in [0.05, 0.1) is 18.2 Å². The number of likely N-dealkylation sites (tertiary alicyclic amines) is 2. The van der Waals surface area contributed by atoms with Gasteiger partial charge in [-0.2, -0.15) is 5.10 Å². The van der Waals surface area contributed by atoms with E-state index in [1.165, 1.54) is 5.56 Å². The summed E-state index contributed by atoms with van der Waals surface area (Å²) < 4.78 is 7.77. The third-order valence-electron chi connectivity index (χ3n) is 5.57. The number of aromatic nitrogens is 2. The number of carbonyl (C=O) groups is 1. The minimum Gasteiger partial charge on any atom is -0.377 e. The Labute approximate surface area is 137 Å². The molecule has 3 aliphatic rings. The molecular formula is C17H26N4O2. The van der Waals surface area contributed by atoms with E-state index >= 15 is 0 Å². The van der Waals surface area contributed by atoms with E-state index in [9.17, 15) is 4.79 Å². The molecule has 6 heteroatoms. The summed E-state index contributed by atoms with van der Waals surface area (Å²) in [6, 6.07) is 0. The molecule has 4 rings (SSSR count). The zero-order chi connectivity index (χ0) is 15.8. The topological polar surface area (TPSA) is 50.6 Å². The number of hydrogen-bond donors (Lipinski definition) is 0. The van der Waals surface area contributed by atoms with Gasteiger partial charge in [-0.3, -0.25) is 14.4 Å². The van der Waals surface area contributed by atoms with Crippen molar-refractivity contribution in [1.82, 2.24) is 19.6 Å². The first-order valence-electron chi connectivity index (χ1n) is 8.81. The van der Waals surface area contributed by atoms with Gasteiger partial charge in [0.15, 0.2) is 0 Å². The van der Waals surface area contributed by atoms with Crippen molar-refractivity contribution in [2.75, 3.05) is 32.8 Å². The van der Waals surface area contributed by atoms with Gasteiger partial charge in [0, 0.05) is 64.1 Å². The van der Waals surface area contributed by atoms with E-state index in [0.29, 0.717) is 11.8 Å². The van der Waals surface area contributed by atoms with Crippen LogP contribution in [0, 0.1) is 11.8 Å². The van der Waals surface area contributed by atoms with Crippen LogP contribution in [0.25, 0.3) is 0 Å². The Kier molecular flexibility index (Phi) is 4.11. The predicted octanol–water partition coefficient (Wildman–Crippen LogP) is 0.879. The molecule has 3 aliphatic heterocycles. The maximum absolute atomic E-state index is 13.0. The molecule has 1 amide bonds. The van der Waals surface area contributed by atoms with E-state index in [-0.39, 0.29) is 12.0 Å². The van der Waals surface area contributed by atoms with Crippen molar-refractivity contribution in [3.63, 3.8) is 0 Å². The standard InChI is InChI=1S/C17H26N4O2/c1-19-9-13(8-18-19)10-20-11-15(14-4-7-23-16(14)12-20)17(22)21-5-2-3-6-21/h8-9,14-16H,2-7,10-12H2,1H3/t14-,15+,16+/m1/s1. The van der Waals surface area contributed by atoms with Gasteiger partial charge in [0.2, 0.25) is 5.91 Å². The van der Waals surface area contributed by atoms with E-state index in [0.717, 1.165) is 58.6 Å². The fourth-order valence-corrected chi connectivity index (χ4v) is 4.43. The molecule has 3 atom stereocenters. The molecule has 0 radical (unpaired) electrons. The molecule has 126 valence electrons. The first-order valence-corrected chi connectivity index (χ1v) is 8.81. The van der Waals surface area contributed by atoms with Crippen LogP contribution >= 0.6 is 0 Å². The summed E-state index contributed by atoms with van der Waals surface area (Å²) in [5, 5.41) is 4.25. The molecule has 0 aliphatic carbocycles. The fourth-order valence-electron chi connectivity index (χ4n) is 4.43. The lowest BCUT2D eigenvalue weighted by Gasteiger charge is -2.40. The van der Waals surface area contributed by atoms with Crippen molar-refractivity contribution in [2.45, 2.75) is 31.9 Å². The summed E-state index contributed by atoms with van der Waals surface area (Å²) in [6.45, 7) is 5.33. The second-order valence-corrected chi connectivity index (χ2v) is 7.22. The van der Waals surface area contributed by atoms with Crippen LogP contribution in [-0.2, 0) is 23.1 Å². The minimum absolute atomic E-state index is 0.103. The van der Waals surface area contributed by atoms with Crippen LogP contribution in [0.5, 0.6) is 0 Å². The average molecular weight is 318 g/mol. The molecule has 0 spiro atoms. The van der Waals surface area contributed by atoms with Crippen LogP contribution in [0.2, 0.25) is 0 Å². The summed E-state index contributed by atoms with van der Waals surface area (Å²) >= 11 is 0. The van der Waals surface area contributed by atoms with Crippen LogP contribution in [0.3, 0.4) is 0 Å². The Morgan fingerprint density at radius 3 is 2.91 bits per heavy atom. The molecule has 0 N–H and O–H groups in total. The summed E-state index contributed by atoms with van der Waals surface area (Å²) in [5.74, 6) is 0.873. The van der Waals surface area contributed by atoms with Crippen molar-refractivity contribution in [1.29, 1.82) is 0 Å². The van der Waals surface area contributed by atoms with E-state index in [4.69, 9.17) is 4.74 Å². The maximum atomic E-state index is 13.0. The Morgan fingerprint density at radius 2 is 2.17 bits per heavy atom. The number of piperidine rings is 1. The van der Waals surface area contributed by atoms with Crippen LogP contribution < -0.4 is 0 Å². The van der Waals surface area contributed by atoms with Crippen molar-refractivity contribution in [3.05, 3.63) is 18.0 Å². The maximum Gasteiger partial charge on any atom is 0.227 e. The van der Waals surface area contributed by atoms with E-state index in [1.54, 1.807) is 0 Å². The van der Waals surface area contributed by atoms with Crippen LogP contribution in [0.15, 0.2) is 12.4 Å².